The van der Waals surface area contributed by atoms with Crippen LogP contribution in [0.25, 0.3) is 10.9 Å². The van der Waals surface area contributed by atoms with Crippen LogP contribution in [0.3, 0.4) is 0 Å². The Balaban J connectivity index is 1.30. The third-order valence-electron chi connectivity index (χ3n) is 5.63. The zero-order chi connectivity index (χ0) is 18.9. The van der Waals surface area contributed by atoms with Gasteiger partial charge in [0.15, 0.2) is 0 Å². The van der Waals surface area contributed by atoms with Crippen molar-refractivity contribution in [1.29, 1.82) is 0 Å². The van der Waals surface area contributed by atoms with E-state index in [4.69, 9.17) is 9.47 Å². The number of hydrogen-bond acceptors (Lipinski definition) is 5. The molecular weight excluding hydrogens is 344 g/mol. The summed E-state index contributed by atoms with van der Waals surface area (Å²) >= 11 is 0. The molecule has 3 heterocycles. The number of hydrogen-bond donors (Lipinski definition) is 2. The van der Waals surface area contributed by atoms with E-state index < -0.39 is 0 Å². The monoisotopic (exact) mass is 372 g/mol. The number of fused-ring (bicyclic) bond motifs is 1. The molecule has 0 saturated carbocycles. The number of ether oxygens (including phenoxy) is 2. The lowest BCUT2D eigenvalue weighted by atomic mass is 9.90. The summed E-state index contributed by atoms with van der Waals surface area (Å²) in [5.74, 6) is 0.0136. The molecule has 0 aliphatic carbocycles. The number of methoxy groups -OCH3 is 1. The first-order chi connectivity index (χ1) is 13.1. The van der Waals surface area contributed by atoms with Crippen molar-refractivity contribution in [3.63, 3.8) is 0 Å². The smallest absolute Gasteiger partial charge is 0.239 e. The number of morpholine rings is 1. The number of likely N-dealkylation sites (tertiary alicyclic amines) is 1. The minimum Gasteiger partial charge on any atom is -0.383 e. The van der Waals surface area contributed by atoms with Gasteiger partial charge in [0.05, 0.1) is 13.2 Å². The average Bonchev–Trinajstić information content (AvgIpc) is 3.10. The SMILES string of the molecule is COCCNC(=O)C1COC2(CN(Cc3cccc4[nH]ccc34)C2)CN1C. The van der Waals surface area contributed by atoms with Crippen molar-refractivity contribution in [3.05, 3.63) is 36.0 Å². The normalized spacial score (nSPS) is 22.8. The van der Waals surface area contributed by atoms with E-state index in [1.54, 1.807) is 7.11 Å². The number of benzene rings is 1. The van der Waals surface area contributed by atoms with Gasteiger partial charge in [-0.1, -0.05) is 12.1 Å². The van der Waals surface area contributed by atoms with Gasteiger partial charge in [-0.2, -0.15) is 0 Å². The number of amides is 1. The van der Waals surface area contributed by atoms with Gasteiger partial charge in [0, 0.05) is 56.9 Å². The molecule has 2 fully saturated rings. The van der Waals surface area contributed by atoms with E-state index in [-0.39, 0.29) is 17.6 Å². The summed E-state index contributed by atoms with van der Waals surface area (Å²) in [6, 6.07) is 8.30. The van der Waals surface area contributed by atoms with Crippen molar-refractivity contribution in [2.45, 2.75) is 18.2 Å². The lowest BCUT2D eigenvalue weighted by Crippen LogP contribution is -2.72. The lowest BCUT2D eigenvalue weighted by Gasteiger charge is -2.55. The van der Waals surface area contributed by atoms with Crippen LogP contribution in [0.4, 0.5) is 0 Å². The number of nitrogens with zero attached hydrogens (tertiary/aromatic N) is 2. The van der Waals surface area contributed by atoms with E-state index in [1.165, 1.54) is 16.5 Å². The zero-order valence-corrected chi connectivity index (χ0v) is 16.0. The van der Waals surface area contributed by atoms with Crippen LogP contribution in [0.15, 0.2) is 30.5 Å². The summed E-state index contributed by atoms with van der Waals surface area (Å²) in [5.41, 5.74) is 2.37. The fourth-order valence-corrected chi connectivity index (χ4v) is 4.26. The fraction of sp³-hybridized carbons (Fsp3) is 0.550. The molecule has 2 aliphatic rings. The van der Waals surface area contributed by atoms with Gasteiger partial charge in [-0.25, -0.2) is 0 Å². The molecule has 0 bridgehead atoms. The van der Waals surface area contributed by atoms with Crippen molar-refractivity contribution in [2.75, 3.05) is 53.6 Å². The first-order valence-electron chi connectivity index (χ1n) is 9.48. The maximum Gasteiger partial charge on any atom is 0.239 e. The molecule has 1 spiro atoms. The van der Waals surface area contributed by atoms with Gasteiger partial charge < -0.3 is 19.8 Å². The molecule has 2 aliphatic heterocycles. The van der Waals surface area contributed by atoms with Crippen molar-refractivity contribution < 1.29 is 14.3 Å². The van der Waals surface area contributed by atoms with Crippen molar-refractivity contribution in [3.8, 4) is 0 Å². The largest absolute Gasteiger partial charge is 0.383 e. The highest BCUT2D eigenvalue weighted by Crippen LogP contribution is 2.32. The Morgan fingerprint density at radius 1 is 1.37 bits per heavy atom. The quantitative estimate of drug-likeness (QED) is 0.735. The molecule has 2 N–H and O–H groups in total. The van der Waals surface area contributed by atoms with Crippen LogP contribution in [-0.4, -0.2) is 85.9 Å². The second-order valence-electron chi connectivity index (χ2n) is 7.71. The van der Waals surface area contributed by atoms with E-state index in [2.05, 4.69) is 44.4 Å². The standard InChI is InChI=1S/C20H28N4O3/c1-23-12-20(27-11-18(23)19(25)22-8-9-26-2)13-24(14-20)10-15-4-3-5-17-16(15)6-7-21-17/h3-7,18,21H,8-14H2,1-2H3,(H,22,25). The number of carbonyl (C=O) groups is 1. The van der Waals surface area contributed by atoms with Crippen LogP contribution >= 0.6 is 0 Å². The first-order valence-corrected chi connectivity index (χ1v) is 9.48. The molecule has 1 amide bonds. The Kier molecular flexibility index (Phi) is 5.19. The third-order valence-corrected chi connectivity index (χ3v) is 5.63. The van der Waals surface area contributed by atoms with Gasteiger partial charge in [-0.15, -0.1) is 0 Å². The topological polar surface area (TPSA) is 69.8 Å². The van der Waals surface area contributed by atoms with Gasteiger partial charge in [-0.05, 0) is 24.7 Å². The molecule has 2 saturated heterocycles. The molecule has 1 aromatic carbocycles. The number of aromatic amines is 1. The number of rotatable bonds is 6. The van der Waals surface area contributed by atoms with Crippen LogP contribution in [0.1, 0.15) is 5.56 Å². The molecule has 2 aromatic rings. The van der Waals surface area contributed by atoms with Gasteiger partial charge in [-0.3, -0.25) is 14.6 Å². The van der Waals surface area contributed by atoms with E-state index in [9.17, 15) is 4.79 Å². The van der Waals surface area contributed by atoms with Gasteiger partial charge >= 0.3 is 0 Å². The van der Waals surface area contributed by atoms with Gasteiger partial charge in [0.1, 0.15) is 11.6 Å². The predicted molar refractivity (Wildman–Crippen MR) is 104 cm³/mol. The Morgan fingerprint density at radius 3 is 3.00 bits per heavy atom. The average molecular weight is 372 g/mol. The Labute approximate surface area is 159 Å². The van der Waals surface area contributed by atoms with Crippen LogP contribution in [0, 0.1) is 0 Å². The van der Waals surface area contributed by atoms with Gasteiger partial charge in [0.25, 0.3) is 0 Å². The van der Waals surface area contributed by atoms with Crippen molar-refractivity contribution in [1.82, 2.24) is 20.1 Å². The van der Waals surface area contributed by atoms with E-state index in [0.29, 0.717) is 19.8 Å². The van der Waals surface area contributed by atoms with Crippen LogP contribution in [0.5, 0.6) is 0 Å². The molecule has 4 rings (SSSR count). The van der Waals surface area contributed by atoms with Crippen molar-refractivity contribution >= 4 is 16.8 Å². The summed E-state index contributed by atoms with van der Waals surface area (Å²) in [6.07, 6.45) is 1.99. The molecule has 1 unspecified atom stereocenters. The fourth-order valence-electron chi connectivity index (χ4n) is 4.26. The highest BCUT2D eigenvalue weighted by Gasteiger charge is 2.49. The number of H-pyrrole nitrogens is 1. The highest BCUT2D eigenvalue weighted by atomic mass is 16.5. The molecule has 7 nitrogen and oxygen atoms in total. The highest BCUT2D eigenvalue weighted by molar-refractivity contribution is 5.83. The second kappa shape index (κ2) is 7.59. The molecule has 27 heavy (non-hydrogen) atoms. The molecule has 7 heteroatoms. The molecule has 1 atom stereocenters. The summed E-state index contributed by atoms with van der Waals surface area (Å²) in [5, 5.41) is 4.19. The zero-order valence-electron chi connectivity index (χ0n) is 16.0. The Morgan fingerprint density at radius 2 is 2.22 bits per heavy atom. The molecular formula is C20H28N4O3. The third kappa shape index (κ3) is 3.73. The minimum atomic E-state index is -0.227. The van der Waals surface area contributed by atoms with Crippen LogP contribution in [0.2, 0.25) is 0 Å². The van der Waals surface area contributed by atoms with Crippen LogP contribution in [-0.2, 0) is 20.8 Å². The molecule has 146 valence electrons. The summed E-state index contributed by atoms with van der Waals surface area (Å²) < 4.78 is 11.2. The summed E-state index contributed by atoms with van der Waals surface area (Å²) in [7, 11) is 3.64. The molecule has 0 radical (unpaired) electrons. The minimum absolute atomic E-state index is 0.0136. The number of likely N-dealkylation sites (N-methyl/N-ethyl adjacent to an activating group) is 1. The predicted octanol–water partition coefficient (Wildman–Crippen LogP) is 0.816. The molecule has 1 aromatic heterocycles. The number of carbonyl (C=O) groups excluding carboxylic acids is 1. The van der Waals surface area contributed by atoms with E-state index in [0.717, 1.165) is 26.2 Å². The first kappa shape index (κ1) is 18.4. The summed E-state index contributed by atoms with van der Waals surface area (Å²) in [4.78, 5) is 20.1. The lowest BCUT2D eigenvalue weighted by molar-refractivity contribution is -0.198. The van der Waals surface area contributed by atoms with Crippen molar-refractivity contribution in [2.24, 2.45) is 0 Å². The van der Waals surface area contributed by atoms with Crippen LogP contribution < -0.4 is 5.32 Å². The number of aromatic nitrogens is 1. The van der Waals surface area contributed by atoms with Gasteiger partial charge in [0.2, 0.25) is 5.91 Å². The maximum absolute atomic E-state index is 12.3. The summed E-state index contributed by atoms with van der Waals surface area (Å²) in [6.45, 7) is 4.99. The van der Waals surface area contributed by atoms with E-state index >= 15 is 0 Å². The maximum atomic E-state index is 12.3. The number of nitrogens with one attached hydrogen (secondary N) is 2. The Hall–Kier alpha value is -1.93. The van der Waals surface area contributed by atoms with E-state index in [1.807, 2.05) is 13.2 Å². The Bertz CT molecular complexity index is 799. The second-order valence-corrected chi connectivity index (χ2v) is 7.71.